The molecule has 21 heavy (non-hydrogen) atoms. The van der Waals surface area contributed by atoms with Gasteiger partial charge in [0.05, 0.1) is 36.1 Å². The summed E-state index contributed by atoms with van der Waals surface area (Å²) in [6, 6.07) is 2.88. The minimum atomic E-state index is -0.621. The molecule has 1 heterocycles. The van der Waals surface area contributed by atoms with Crippen LogP contribution in [-0.2, 0) is 17.7 Å². The molecule has 2 rings (SSSR count). The summed E-state index contributed by atoms with van der Waals surface area (Å²) in [7, 11) is 1.58. The van der Waals surface area contributed by atoms with E-state index in [-0.39, 0.29) is 6.42 Å². The summed E-state index contributed by atoms with van der Waals surface area (Å²) in [6.07, 6.45) is 1.69. The lowest BCUT2D eigenvalue weighted by Gasteiger charge is -2.15. The van der Waals surface area contributed by atoms with Gasteiger partial charge >= 0.3 is 0 Å². The largest absolute Gasteiger partial charge is 0.383 e. The van der Waals surface area contributed by atoms with Crippen LogP contribution in [0.5, 0.6) is 0 Å². The van der Waals surface area contributed by atoms with Gasteiger partial charge in [0.25, 0.3) is 0 Å². The predicted molar refractivity (Wildman–Crippen MR) is 76.1 cm³/mol. The average molecular weight is 316 g/mol. The molecule has 0 saturated carbocycles. The smallest absolute Gasteiger partial charge is 0.129 e. The fourth-order valence-electron chi connectivity index (χ4n) is 2.12. The maximum absolute atomic E-state index is 13.7. The SMILES string of the molecule is COCCn1ncc(Cl)c1C(N)Cc1ccc(F)cc1F. The van der Waals surface area contributed by atoms with Crippen molar-refractivity contribution in [3.05, 3.63) is 52.3 Å². The van der Waals surface area contributed by atoms with Crippen molar-refractivity contribution in [2.24, 2.45) is 5.73 Å². The lowest BCUT2D eigenvalue weighted by atomic mass is 10.0. The van der Waals surface area contributed by atoms with Gasteiger partial charge in [0.1, 0.15) is 11.6 Å². The third kappa shape index (κ3) is 3.78. The van der Waals surface area contributed by atoms with Crippen molar-refractivity contribution in [3.8, 4) is 0 Å². The van der Waals surface area contributed by atoms with E-state index in [1.807, 2.05) is 0 Å². The molecule has 0 radical (unpaired) electrons. The third-order valence-corrected chi connectivity index (χ3v) is 3.44. The first-order chi connectivity index (χ1) is 10.0. The lowest BCUT2D eigenvalue weighted by Crippen LogP contribution is -2.20. The second-order valence-electron chi connectivity index (χ2n) is 4.64. The van der Waals surface area contributed by atoms with E-state index >= 15 is 0 Å². The summed E-state index contributed by atoms with van der Waals surface area (Å²) < 4.78 is 33.2. The van der Waals surface area contributed by atoms with Gasteiger partial charge in [-0.3, -0.25) is 4.68 Å². The number of hydrogen-bond acceptors (Lipinski definition) is 3. The second kappa shape index (κ2) is 6.98. The molecule has 0 fully saturated rings. The van der Waals surface area contributed by atoms with E-state index in [0.29, 0.717) is 29.4 Å². The molecule has 0 bridgehead atoms. The molecular weight excluding hydrogens is 300 g/mol. The maximum Gasteiger partial charge on any atom is 0.129 e. The van der Waals surface area contributed by atoms with Crippen molar-refractivity contribution in [1.29, 1.82) is 0 Å². The van der Waals surface area contributed by atoms with Crippen molar-refractivity contribution in [3.63, 3.8) is 0 Å². The van der Waals surface area contributed by atoms with E-state index in [9.17, 15) is 8.78 Å². The molecule has 0 aliphatic carbocycles. The molecule has 2 N–H and O–H groups in total. The van der Waals surface area contributed by atoms with Crippen molar-refractivity contribution in [2.75, 3.05) is 13.7 Å². The zero-order valence-corrected chi connectivity index (χ0v) is 12.3. The average Bonchev–Trinajstić information content (AvgIpc) is 2.80. The van der Waals surface area contributed by atoms with Gasteiger partial charge in [-0.1, -0.05) is 17.7 Å². The zero-order chi connectivity index (χ0) is 15.4. The number of methoxy groups -OCH3 is 1. The van der Waals surface area contributed by atoms with Crippen molar-refractivity contribution >= 4 is 11.6 Å². The first kappa shape index (κ1) is 15.9. The van der Waals surface area contributed by atoms with Crippen LogP contribution < -0.4 is 5.73 Å². The zero-order valence-electron chi connectivity index (χ0n) is 11.5. The summed E-state index contributed by atoms with van der Waals surface area (Å²) in [5.41, 5.74) is 7.05. The highest BCUT2D eigenvalue weighted by molar-refractivity contribution is 6.31. The Morgan fingerprint density at radius 2 is 2.19 bits per heavy atom. The summed E-state index contributed by atoms with van der Waals surface area (Å²) in [4.78, 5) is 0. The molecule has 4 nitrogen and oxygen atoms in total. The van der Waals surface area contributed by atoms with Gasteiger partial charge in [0.2, 0.25) is 0 Å². The van der Waals surface area contributed by atoms with Crippen LogP contribution >= 0.6 is 11.6 Å². The highest BCUT2D eigenvalue weighted by Gasteiger charge is 2.19. The van der Waals surface area contributed by atoms with Crippen LogP contribution in [0.3, 0.4) is 0 Å². The number of hydrogen-bond donors (Lipinski definition) is 1. The summed E-state index contributed by atoms with van der Waals surface area (Å²) in [5.74, 6) is -1.24. The minimum absolute atomic E-state index is 0.199. The van der Waals surface area contributed by atoms with E-state index in [1.165, 1.54) is 18.3 Å². The Morgan fingerprint density at radius 1 is 1.43 bits per heavy atom. The first-order valence-corrected chi connectivity index (χ1v) is 6.80. The Kier molecular flexibility index (Phi) is 5.27. The third-order valence-electron chi connectivity index (χ3n) is 3.15. The lowest BCUT2D eigenvalue weighted by molar-refractivity contribution is 0.182. The van der Waals surface area contributed by atoms with Crippen LogP contribution in [0.25, 0.3) is 0 Å². The molecule has 114 valence electrons. The number of benzene rings is 1. The standard InChI is InChI=1S/C14H16ClF2N3O/c1-21-5-4-20-14(11(15)8-19-20)13(18)6-9-2-3-10(16)7-12(9)17/h2-3,7-8,13H,4-6,18H2,1H3. The Balaban J connectivity index is 2.19. The second-order valence-corrected chi connectivity index (χ2v) is 5.05. The van der Waals surface area contributed by atoms with E-state index < -0.39 is 17.7 Å². The van der Waals surface area contributed by atoms with Gasteiger partial charge < -0.3 is 10.5 Å². The highest BCUT2D eigenvalue weighted by atomic mass is 35.5. The van der Waals surface area contributed by atoms with Crippen LogP contribution in [0.4, 0.5) is 8.78 Å². The molecule has 1 atom stereocenters. The molecule has 2 aromatic rings. The number of nitrogens with two attached hydrogens (primary N) is 1. The molecular formula is C14H16ClF2N3O. The molecule has 0 amide bonds. The Morgan fingerprint density at radius 3 is 2.86 bits per heavy atom. The van der Waals surface area contributed by atoms with E-state index in [1.54, 1.807) is 11.8 Å². The topological polar surface area (TPSA) is 53.1 Å². The fraction of sp³-hybridized carbons (Fsp3) is 0.357. The van der Waals surface area contributed by atoms with Gasteiger partial charge in [-0.15, -0.1) is 0 Å². The monoisotopic (exact) mass is 315 g/mol. The molecule has 7 heteroatoms. The summed E-state index contributed by atoms with van der Waals surface area (Å²) in [5, 5.41) is 4.54. The number of aromatic nitrogens is 2. The molecule has 0 aliphatic rings. The minimum Gasteiger partial charge on any atom is -0.383 e. The van der Waals surface area contributed by atoms with Crippen LogP contribution in [-0.4, -0.2) is 23.5 Å². The molecule has 1 aromatic heterocycles. The van der Waals surface area contributed by atoms with Gasteiger partial charge in [-0.2, -0.15) is 5.10 Å². The van der Waals surface area contributed by atoms with Crippen molar-refractivity contribution < 1.29 is 13.5 Å². The van der Waals surface area contributed by atoms with Crippen LogP contribution in [0.2, 0.25) is 5.02 Å². The molecule has 0 spiro atoms. The summed E-state index contributed by atoms with van der Waals surface area (Å²) >= 11 is 6.09. The Bertz CT molecular complexity index is 618. The van der Waals surface area contributed by atoms with E-state index in [4.69, 9.17) is 22.1 Å². The van der Waals surface area contributed by atoms with Gasteiger partial charge in [-0.25, -0.2) is 8.78 Å². The van der Waals surface area contributed by atoms with Crippen LogP contribution in [0, 0.1) is 11.6 Å². The molecule has 0 saturated heterocycles. The van der Waals surface area contributed by atoms with Gasteiger partial charge in [0.15, 0.2) is 0 Å². The molecule has 0 aliphatic heterocycles. The fourth-order valence-corrected chi connectivity index (χ4v) is 2.40. The predicted octanol–water partition coefficient (Wildman–Crippen LogP) is 2.70. The normalized spacial score (nSPS) is 12.6. The number of nitrogens with zero attached hydrogens (tertiary/aromatic N) is 2. The highest BCUT2D eigenvalue weighted by Crippen LogP contribution is 2.25. The number of ether oxygens (including phenoxy) is 1. The quantitative estimate of drug-likeness (QED) is 0.891. The summed E-state index contributed by atoms with van der Waals surface area (Å²) in [6.45, 7) is 0.959. The van der Waals surface area contributed by atoms with Gasteiger partial charge in [-0.05, 0) is 18.1 Å². The first-order valence-electron chi connectivity index (χ1n) is 6.42. The van der Waals surface area contributed by atoms with Crippen molar-refractivity contribution in [2.45, 2.75) is 19.0 Å². The molecule has 1 aromatic carbocycles. The maximum atomic E-state index is 13.7. The van der Waals surface area contributed by atoms with Crippen LogP contribution in [0.15, 0.2) is 24.4 Å². The van der Waals surface area contributed by atoms with E-state index in [0.717, 1.165) is 6.07 Å². The Hall–Kier alpha value is -1.50. The number of rotatable bonds is 6. The van der Waals surface area contributed by atoms with Crippen LogP contribution in [0.1, 0.15) is 17.3 Å². The van der Waals surface area contributed by atoms with Gasteiger partial charge in [0, 0.05) is 13.2 Å². The Labute approximate surface area is 126 Å². The molecule has 1 unspecified atom stereocenters. The van der Waals surface area contributed by atoms with E-state index in [2.05, 4.69) is 5.10 Å². The van der Waals surface area contributed by atoms with Crippen molar-refractivity contribution in [1.82, 2.24) is 9.78 Å². The number of halogens is 3.